The lowest BCUT2D eigenvalue weighted by Gasteiger charge is -2.04. The number of hydrogen-bond acceptors (Lipinski definition) is 3. The number of nitrogens with one attached hydrogen (secondary N) is 3. The van der Waals surface area contributed by atoms with Crippen molar-refractivity contribution in [2.24, 2.45) is 0 Å². The van der Waals surface area contributed by atoms with Gasteiger partial charge < -0.3 is 20.7 Å². The molecular formula is C18H18FN3O3. The van der Waals surface area contributed by atoms with Crippen molar-refractivity contribution in [3.8, 4) is 0 Å². The number of H-pyrrole nitrogens is 1. The van der Waals surface area contributed by atoms with E-state index in [0.717, 1.165) is 0 Å². The van der Waals surface area contributed by atoms with Crippen LogP contribution in [-0.2, 0) is 4.79 Å². The van der Waals surface area contributed by atoms with Crippen LogP contribution in [0.2, 0.25) is 0 Å². The molecule has 4 N–H and O–H groups in total. The summed E-state index contributed by atoms with van der Waals surface area (Å²) in [7, 11) is 0. The Morgan fingerprint density at radius 1 is 1.36 bits per heavy atom. The average molecular weight is 343 g/mol. The van der Waals surface area contributed by atoms with Gasteiger partial charge in [-0.15, -0.1) is 0 Å². The van der Waals surface area contributed by atoms with Gasteiger partial charge in [0.05, 0.1) is 17.7 Å². The summed E-state index contributed by atoms with van der Waals surface area (Å²) in [6.45, 7) is 3.54. The molecule has 2 heterocycles. The van der Waals surface area contributed by atoms with Crippen molar-refractivity contribution < 1.29 is 19.1 Å². The Morgan fingerprint density at radius 3 is 2.84 bits per heavy atom. The van der Waals surface area contributed by atoms with E-state index < -0.39 is 5.82 Å². The zero-order chi connectivity index (χ0) is 18.1. The second-order valence-corrected chi connectivity index (χ2v) is 5.85. The van der Waals surface area contributed by atoms with Gasteiger partial charge in [0.2, 0.25) is 0 Å². The summed E-state index contributed by atoms with van der Waals surface area (Å²) in [5, 5.41) is 14.1. The number of benzene rings is 1. The minimum atomic E-state index is -0.426. The van der Waals surface area contributed by atoms with E-state index in [1.54, 1.807) is 19.9 Å². The third-order valence-corrected chi connectivity index (χ3v) is 4.15. The summed E-state index contributed by atoms with van der Waals surface area (Å²) in [5.41, 5.74) is 3.78. The van der Waals surface area contributed by atoms with Gasteiger partial charge in [0, 0.05) is 29.2 Å². The lowest BCUT2D eigenvalue weighted by molar-refractivity contribution is -0.110. The molecule has 2 amide bonds. The topological polar surface area (TPSA) is 94.2 Å². The largest absolute Gasteiger partial charge is 0.395 e. The van der Waals surface area contributed by atoms with Crippen LogP contribution in [0.5, 0.6) is 0 Å². The van der Waals surface area contributed by atoms with Crippen LogP contribution < -0.4 is 10.6 Å². The van der Waals surface area contributed by atoms with Crippen LogP contribution in [0.1, 0.15) is 32.9 Å². The van der Waals surface area contributed by atoms with E-state index in [2.05, 4.69) is 15.6 Å². The maximum Gasteiger partial charge on any atom is 0.256 e. The summed E-state index contributed by atoms with van der Waals surface area (Å²) < 4.78 is 13.5. The van der Waals surface area contributed by atoms with Gasteiger partial charge in [0.1, 0.15) is 5.82 Å². The molecule has 25 heavy (non-hydrogen) atoms. The molecule has 130 valence electrons. The Kier molecular flexibility index (Phi) is 4.41. The molecule has 0 saturated carbocycles. The van der Waals surface area contributed by atoms with Gasteiger partial charge in [-0.05, 0) is 43.7 Å². The minimum absolute atomic E-state index is 0.145. The second-order valence-electron chi connectivity index (χ2n) is 5.85. The van der Waals surface area contributed by atoms with Crippen molar-refractivity contribution >= 4 is 29.2 Å². The molecule has 0 spiro atoms. The van der Waals surface area contributed by atoms with Crippen LogP contribution in [-0.4, -0.2) is 35.1 Å². The van der Waals surface area contributed by atoms with E-state index in [-0.39, 0.29) is 25.0 Å². The average Bonchev–Trinajstić information content (AvgIpc) is 3.02. The lowest BCUT2D eigenvalue weighted by atomic mass is 10.0. The summed E-state index contributed by atoms with van der Waals surface area (Å²) in [4.78, 5) is 27.5. The number of aliphatic hydroxyl groups is 1. The van der Waals surface area contributed by atoms with Gasteiger partial charge in [-0.2, -0.15) is 0 Å². The first-order valence-corrected chi connectivity index (χ1v) is 7.83. The van der Waals surface area contributed by atoms with Crippen molar-refractivity contribution in [1.82, 2.24) is 10.3 Å². The number of fused-ring (bicyclic) bond motifs is 1. The molecule has 1 aliphatic heterocycles. The fraction of sp³-hybridized carbons (Fsp3) is 0.222. The number of halogens is 1. The molecule has 0 radical (unpaired) electrons. The number of carbonyl (C=O) groups excluding carboxylic acids is 2. The Morgan fingerprint density at radius 2 is 2.12 bits per heavy atom. The Balaban J connectivity index is 2.02. The number of aromatic amines is 1. The Bertz CT molecular complexity index is 899. The Labute approximate surface area is 143 Å². The highest BCUT2D eigenvalue weighted by Gasteiger charge is 2.26. The van der Waals surface area contributed by atoms with Gasteiger partial charge in [0.25, 0.3) is 11.8 Å². The van der Waals surface area contributed by atoms with E-state index >= 15 is 0 Å². The van der Waals surface area contributed by atoms with Gasteiger partial charge in [-0.25, -0.2) is 4.39 Å². The molecule has 3 rings (SSSR count). The van der Waals surface area contributed by atoms with Crippen LogP contribution in [0.25, 0.3) is 11.6 Å². The smallest absolute Gasteiger partial charge is 0.256 e. The zero-order valence-corrected chi connectivity index (χ0v) is 13.9. The molecule has 6 nitrogen and oxygen atoms in total. The normalized spacial score (nSPS) is 14.6. The van der Waals surface area contributed by atoms with Crippen LogP contribution >= 0.6 is 0 Å². The number of carbonyl (C=O) groups is 2. The molecule has 7 heteroatoms. The molecule has 1 aliphatic rings. The summed E-state index contributed by atoms with van der Waals surface area (Å²) in [5.74, 6) is -1.05. The first-order valence-electron chi connectivity index (χ1n) is 7.83. The predicted molar refractivity (Wildman–Crippen MR) is 92.6 cm³/mol. The SMILES string of the molecule is Cc1[nH]c(/C=C2\C(=O)Nc3ccc(F)cc32)c(C)c1C(=O)NCCO. The number of rotatable bonds is 4. The molecule has 0 unspecified atom stereocenters. The lowest BCUT2D eigenvalue weighted by Crippen LogP contribution is -2.27. The van der Waals surface area contributed by atoms with E-state index in [0.29, 0.717) is 39.3 Å². The van der Waals surface area contributed by atoms with Gasteiger partial charge >= 0.3 is 0 Å². The highest BCUT2D eigenvalue weighted by molar-refractivity contribution is 6.34. The van der Waals surface area contributed by atoms with Crippen LogP contribution in [0.4, 0.5) is 10.1 Å². The maximum atomic E-state index is 13.5. The van der Waals surface area contributed by atoms with Crippen molar-refractivity contribution in [1.29, 1.82) is 0 Å². The maximum absolute atomic E-state index is 13.5. The highest BCUT2D eigenvalue weighted by atomic mass is 19.1. The van der Waals surface area contributed by atoms with Gasteiger partial charge in [0.15, 0.2) is 0 Å². The van der Waals surface area contributed by atoms with Crippen LogP contribution in [0, 0.1) is 19.7 Å². The molecule has 0 fully saturated rings. The Hall–Kier alpha value is -2.93. The highest BCUT2D eigenvalue weighted by Crippen LogP contribution is 2.34. The van der Waals surface area contributed by atoms with E-state index in [1.807, 2.05) is 0 Å². The summed E-state index contributed by atoms with van der Waals surface area (Å²) >= 11 is 0. The number of anilines is 1. The van der Waals surface area contributed by atoms with Crippen LogP contribution in [0.3, 0.4) is 0 Å². The first kappa shape index (κ1) is 16.9. The number of amides is 2. The van der Waals surface area contributed by atoms with Crippen molar-refractivity contribution in [2.75, 3.05) is 18.5 Å². The molecule has 1 aromatic heterocycles. The predicted octanol–water partition coefficient (Wildman–Crippen LogP) is 1.99. The number of hydrogen-bond donors (Lipinski definition) is 4. The number of aryl methyl sites for hydroxylation is 1. The van der Waals surface area contributed by atoms with Crippen molar-refractivity contribution in [2.45, 2.75) is 13.8 Å². The fourth-order valence-corrected chi connectivity index (χ4v) is 2.96. The van der Waals surface area contributed by atoms with E-state index in [1.165, 1.54) is 18.2 Å². The molecule has 0 atom stereocenters. The molecule has 0 aliphatic carbocycles. The number of aromatic nitrogens is 1. The third kappa shape index (κ3) is 3.06. The zero-order valence-electron chi connectivity index (χ0n) is 13.9. The standard InChI is InChI=1S/C18H18FN3O3/c1-9-15(21-10(2)16(9)18(25)20-5-6-23)8-13-12-7-11(19)3-4-14(12)22-17(13)24/h3-4,7-8,21,23H,5-6H2,1-2H3,(H,20,25)(H,22,24)/b13-8-. The molecule has 2 aromatic rings. The van der Waals surface area contributed by atoms with Crippen LogP contribution in [0.15, 0.2) is 18.2 Å². The molecule has 0 bridgehead atoms. The minimum Gasteiger partial charge on any atom is -0.395 e. The number of aliphatic hydroxyl groups excluding tert-OH is 1. The first-order chi connectivity index (χ1) is 11.9. The molecule has 0 saturated heterocycles. The van der Waals surface area contributed by atoms with Crippen molar-refractivity contribution in [3.63, 3.8) is 0 Å². The quantitative estimate of drug-likeness (QED) is 0.640. The van der Waals surface area contributed by atoms with E-state index in [4.69, 9.17) is 5.11 Å². The summed E-state index contributed by atoms with van der Waals surface area (Å²) in [6.07, 6.45) is 1.62. The van der Waals surface area contributed by atoms with Gasteiger partial charge in [-0.1, -0.05) is 0 Å². The third-order valence-electron chi connectivity index (χ3n) is 4.15. The molecule has 1 aromatic carbocycles. The van der Waals surface area contributed by atoms with Gasteiger partial charge in [-0.3, -0.25) is 9.59 Å². The summed E-state index contributed by atoms with van der Waals surface area (Å²) in [6, 6.07) is 4.11. The molecular weight excluding hydrogens is 325 g/mol. The fourth-order valence-electron chi connectivity index (χ4n) is 2.96. The van der Waals surface area contributed by atoms with Crippen molar-refractivity contribution in [3.05, 3.63) is 52.1 Å². The second kappa shape index (κ2) is 6.52. The monoisotopic (exact) mass is 343 g/mol. The van der Waals surface area contributed by atoms with E-state index in [9.17, 15) is 14.0 Å².